The van der Waals surface area contributed by atoms with Gasteiger partial charge < -0.3 is 14.4 Å². The van der Waals surface area contributed by atoms with E-state index in [2.05, 4.69) is 0 Å². The topological polar surface area (TPSA) is 50.8 Å². The van der Waals surface area contributed by atoms with E-state index in [1.54, 1.807) is 6.07 Å². The first-order valence-corrected chi connectivity index (χ1v) is 8.87. The first-order valence-electron chi connectivity index (χ1n) is 8.87. The molecule has 0 saturated heterocycles. The van der Waals surface area contributed by atoms with Crippen LogP contribution in [-0.2, 0) is 5.54 Å². The number of carbonyl (C=O) groups is 1. The summed E-state index contributed by atoms with van der Waals surface area (Å²) in [5.74, 6) is 0.304. The number of alkyl halides is 3. The molecule has 1 N–H and O–H groups in total. The maximum absolute atomic E-state index is 14.4. The summed E-state index contributed by atoms with van der Waals surface area (Å²) in [6.45, 7) is 5.22. The molecule has 1 amide bonds. The van der Waals surface area contributed by atoms with Gasteiger partial charge in [-0.1, -0.05) is 18.2 Å². The maximum Gasteiger partial charge on any atom is 0.420 e. The average Bonchev–Trinajstić information content (AvgIpc) is 2.67. The lowest BCUT2D eigenvalue weighted by atomic mass is 9.80. The lowest BCUT2D eigenvalue weighted by Crippen LogP contribution is -2.60. The van der Waals surface area contributed by atoms with Gasteiger partial charge in [0.05, 0.1) is 7.11 Å². The smallest absolute Gasteiger partial charge is 0.420 e. The van der Waals surface area contributed by atoms with E-state index in [9.17, 15) is 18.0 Å². The third-order valence-electron chi connectivity index (χ3n) is 4.94. The maximum atomic E-state index is 14.4. The molecule has 2 aromatic carbocycles. The highest BCUT2D eigenvalue weighted by Gasteiger charge is 2.61. The van der Waals surface area contributed by atoms with Gasteiger partial charge in [0.2, 0.25) is 0 Å². The number of halogens is 3. The molecule has 0 aromatic heterocycles. The summed E-state index contributed by atoms with van der Waals surface area (Å²) >= 11 is 0. The number of hydrogen-bond donors (Lipinski definition) is 1. The molecule has 3 rings (SSSR count). The molecule has 0 fully saturated rings. The highest BCUT2D eigenvalue weighted by atomic mass is 19.4. The first kappa shape index (κ1) is 19.9. The van der Waals surface area contributed by atoms with Crippen molar-refractivity contribution in [3.8, 4) is 11.5 Å². The quantitative estimate of drug-likeness (QED) is 0.814. The SMILES string of the molecule is CCN(CC)c1ccc2c(c1)OC(=O)N[C@]2(c1ccc(OC)cc1)C(F)(F)F. The van der Waals surface area contributed by atoms with E-state index in [1.807, 2.05) is 24.1 Å². The number of ether oxygens (including phenoxy) is 2. The fourth-order valence-corrected chi connectivity index (χ4v) is 3.49. The number of benzene rings is 2. The Morgan fingerprint density at radius 2 is 1.75 bits per heavy atom. The second-order valence-corrected chi connectivity index (χ2v) is 6.34. The second-order valence-electron chi connectivity index (χ2n) is 6.34. The average molecular weight is 394 g/mol. The number of nitrogens with zero attached hydrogens (tertiary/aromatic N) is 1. The van der Waals surface area contributed by atoms with Crippen LogP contribution >= 0.6 is 0 Å². The summed E-state index contributed by atoms with van der Waals surface area (Å²) < 4.78 is 53.3. The number of amides is 1. The normalized spacial score (nSPS) is 18.7. The van der Waals surface area contributed by atoms with Gasteiger partial charge in [-0.3, -0.25) is 5.32 Å². The molecule has 0 radical (unpaired) electrons. The lowest BCUT2D eigenvalue weighted by Gasteiger charge is -2.41. The second kappa shape index (κ2) is 7.26. The van der Waals surface area contributed by atoms with Crippen molar-refractivity contribution in [1.82, 2.24) is 5.32 Å². The highest BCUT2D eigenvalue weighted by molar-refractivity contribution is 5.78. The van der Waals surface area contributed by atoms with Crippen molar-refractivity contribution < 1.29 is 27.4 Å². The van der Waals surface area contributed by atoms with Crippen LogP contribution in [0.3, 0.4) is 0 Å². The minimum absolute atomic E-state index is 0.110. The molecule has 28 heavy (non-hydrogen) atoms. The molecule has 5 nitrogen and oxygen atoms in total. The molecule has 0 unspecified atom stereocenters. The van der Waals surface area contributed by atoms with Crippen LogP contribution in [0.15, 0.2) is 42.5 Å². The lowest BCUT2D eigenvalue weighted by molar-refractivity contribution is -0.187. The summed E-state index contributed by atoms with van der Waals surface area (Å²) in [5, 5.41) is 2.02. The molecule has 150 valence electrons. The summed E-state index contributed by atoms with van der Waals surface area (Å²) in [6, 6.07) is 9.88. The predicted molar refractivity (Wildman–Crippen MR) is 99.0 cm³/mol. The van der Waals surface area contributed by atoms with Crippen molar-refractivity contribution in [2.24, 2.45) is 0 Å². The van der Waals surface area contributed by atoms with Crippen LogP contribution < -0.4 is 19.7 Å². The van der Waals surface area contributed by atoms with Gasteiger partial charge in [-0.15, -0.1) is 0 Å². The van der Waals surface area contributed by atoms with Gasteiger partial charge in [-0.05, 0) is 37.6 Å². The Morgan fingerprint density at radius 3 is 2.29 bits per heavy atom. The molecule has 0 aliphatic carbocycles. The van der Waals surface area contributed by atoms with E-state index in [0.717, 1.165) is 0 Å². The molecule has 1 atom stereocenters. The van der Waals surface area contributed by atoms with Crippen molar-refractivity contribution >= 4 is 11.8 Å². The molecule has 8 heteroatoms. The molecule has 1 heterocycles. The summed E-state index contributed by atoms with van der Waals surface area (Å²) in [5.41, 5.74) is -2.33. The van der Waals surface area contributed by atoms with Gasteiger partial charge in [0, 0.05) is 30.4 Å². The van der Waals surface area contributed by atoms with Gasteiger partial charge in [0.1, 0.15) is 11.5 Å². The molecule has 0 saturated carbocycles. The number of rotatable bonds is 5. The molecule has 2 aromatic rings. The standard InChI is InChI=1S/C20H21F3N2O3/c1-4-25(5-2)14-8-11-16-17(12-14)28-18(26)24-19(16,20(21,22)23)13-6-9-15(27-3)10-7-13/h6-12H,4-5H2,1-3H3,(H,24,26)/t19-/m0/s1. The van der Waals surface area contributed by atoms with Crippen LogP contribution in [0.4, 0.5) is 23.7 Å². The molecule has 0 spiro atoms. The first-order chi connectivity index (χ1) is 13.3. The Labute approximate surface area is 161 Å². The van der Waals surface area contributed by atoms with Gasteiger partial charge in [-0.2, -0.15) is 13.2 Å². The van der Waals surface area contributed by atoms with Gasteiger partial charge in [-0.25, -0.2) is 4.79 Å². The number of methoxy groups -OCH3 is 1. The number of carbonyl (C=O) groups excluding carboxylic acids is 1. The number of anilines is 1. The molecule has 0 bridgehead atoms. The molecule has 1 aliphatic rings. The minimum atomic E-state index is -4.80. The Balaban J connectivity index is 2.23. The zero-order chi connectivity index (χ0) is 20.5. The summed E-state index contributed by atoms with van der Waals surface area (Å²) in [4.78, 5) is 14.1. The van der Waals surface area contributed by atoms with Crippen LogP contribution in [0.25, 0.3) is 0 Å². The van der Waals surface area contributed by atoms with E-state index in [0.29, 0.717) is 24.5 Å². The Morgan fingerprint density at radius 1 is 1.11 bits per heavy atom. The van der Waals surface area contributed by atoms with Gasteiger partial charge >= 0.3 is 12.3 Å². The highest BCUT2D eigenvalue weighted by Crippen LogP contribution is 2.50. The summed E-state index contributed by atoms with van der Waals surface area (Å²) in [6.07, 6.45) is -5.95. The zero-order valence-corrected chi connectivity index (χ0v) is 15.8. The Kier molecular flexibility index (Phi) is 5.14. The summed E-state index contributed by atoms with van der Waals surface area (Å²) in [7, 11) is 1.43. The van der Waals surface area contributed by atoms with Gasteiger partial charge in [0.25, 0.3) is 0 Å². The van der Waals surface area contributed by atoms with E-state index in [4.69, 9.17) is 9.47 Å². The van der Waals surface area contributed by atoms with E-state index in [-0.39, 0.29) is 16.9 Å². The molecular formula is C20H21F3N2O3. The third kappa shape index (κ3) is 3.12. The van der Waals surface area contributed by atoms with Crippen LogP contribution in [0.5, 0.6) is 11.5 Å². The number of fused-ring (bicyclic) bond motifs is 1. The van der Waals surface area contributed by atoms with Crippen LogP contribution in [-0.4, -0.2) is 32.5 Å². The molecular weight excluding hydrogens is 373 g/mol. The van der Waals surface area contributed by atoms with Crippen molar-refractivity contribution in [3.05, 3.63) is 53.6 Å². The van der Waals surface area contributed by atoms with Gasteiger partial charge in [0.15, 0.2) is 5.54 Å². The largest absolute Gasteiger partial charge is 0.497 e. The predicted octanol–water partition coefficient (Wildman–Crippen LogP) is 4.45. The Bertz CT molecular complexity index is 864. The molecule has 1 aliphatic heterocycles. The van der Waals surface area contributed by atoms with Crippen LogP contribution in [0.2, 0.25) is 0 Å². The van der Waals surface area contributed by atoms with Crippen molar-refractivity contribution in [2.75, 3.05) is 25.1 Å². The van der Waals surface area contributed by atoms with E-state index in [1.165, 1.54) is 43.5 Å². The monoisotopic (exact) mass is 394 g/mol. The van der Waals surface area contributed by atoms with Crippen LogP contribution in [0, 0.1) is 0 Å². The third-order valence-corrected chi connectivity index (χ3v) is 4.94. The zero-order valence-electron chi connectivity index (χ0n) is 15.8. The Hall–Kier alpha value is -2.90. The van der Waals surface area contributed by atoms with Crippen molar-refractivity contribution in [3.63, 3.8) is 0 Å². The minimum Gasteiger partial charge on any atom is -0.497 e. The fourth-order valence-electron chi connectivity index (χ4n) is 3.49. The van der Waals surface area contributed by atoms with Crippen molar-refractivity contribution in [2.45, 2.75) is 25.6 Å². The number of nitrogens with one attached hydrogen (secondary N) is 1. The van der Waals surface area contributed by atoms with Crippen molar-refractivity contribution in [1.29, 1.82) is 0 Å². The fraction of sp³-hybridized carbons (Fsp3) is 0.350. The van der Waals surface area contributed by atoms with Crippen LogP contribution in [0.1, 0.15) is 25.0 Å². The van der Waals surface area contributed by atoms with E-state index < -0.39 is 17.8 Å². The van der Waals surface area contributed by atoms with E-state index >= 15 is 0 Å². The number of hydrogen-bond acceptors (Lipinski definition) is 4.